The SMILES string of the molecule is CCN(C(C)=O)c1c(I)c(C(=O)N2CCC[C@H]2C(=O)O)c(I)c(N(CC)C(C)=O)c1I. The third-order valence-electron chi connectivity index (χ3n) is 5.22. The zero-order valence-electron chi connectivity index (χ0n) is 17.7. The molecule has 1 saturated heterocycles. The lowest BCUT2D eigenvalue weighted by Gasteiger charge is -2.31. The van der Waals surface area contributed by atoms with E-state index in [4.69, 9.17) is 0 Å². The number of rotatable bonds is 6. The van der Waals surface area contributed by atoms with E-state index in [-0.39, 0.29) is 11.8 Å². The molecule has 170 valence electrons. The number of aliphatic carboxylic acids is 1. The van der Waals surface area contributed by atoms with Gasteiger partial charge in [-0.15, -0.1) is 0 Å². The van der Waals surface area contributed by atoms with Gasteiger partial charge in [-0.25, -0.2) is 4.79 Å². The molecule has 0 saturated carbocycles. The smallest absolute Gasteiger partial charge is 0.326 e. The van der Waals surface area contributed by atoms with Crippen molar-refractivity contribution < 1.29 is 24.3 Å². The van der Waals surface area contributed by atoms with E-state index in [1.165, 1.54) is 18.7 Å². The lowest BCUT2D eigenvalue weighted by molar-refractivity contribution is -0.141. The van der Waals surface area contributed by atoms with Gasteiger partial charge in [-0.05, 0) is 94.5 Å². The number of benzene rings is 1. The van der Waals surface area contributed by atoms with Gasteiger partial charge in [0.1, 0.15) is 6.04 Å². The second kappa shape index (κ2) is 10.9. The fraction of sp³-hybridized carbons (Fsp3) is 0.500. The number of carbonyl (C=O) groups is 4. The summed E-state index contributed by atoms with van der Waals surface area (Å²) in [6.45, 7) is 7.74. The highest BCUT2D eigenvalue weighted by Gasteiger charge is 2.38. The van der Waals surface area contributed by atoms with Crippen molar-refractivity contribution in [2.75, 3.05) is 29.4 Å². The summed E-state index contributed by atoms with van der Waals surface area (Å²) < 4.78 is 1.86. The van der Waals surface area contributed by atoms with E-state index in [9.17, 15) is 24.3 Å². The number of likely N-dealkylation sites (tertiary alicyclic amines) is 1. The Labute approximate surface area is 222 Å². The molecule has 1 heterocycles. The predicted molar refractivity (Wildman–Crippen MR) is 144 cm³/mol. The summed E-state index contributed by atoms with van der Waals surface area (Å²) >= 11 is 6.24. The minimum Gasteiger partial charge on any atom is -0.480 e. The first kappa shape index (κ1) is 26.5. The Bertz CT molecular complexity index is 888. The number of carboxylic acid groups (broad SMARTS) is 1. The molecule has 0 aliphatic carbocycles. The van der Waals surface area contributed by atoms with E-state index in [0.29, 0.717) is 60.1 Å². The van der Waals surface area contributed by atoms with Crippen LogP contribution in [0, 0.1) is 10.7 Å². The topological polar surface area (TPSA) is 98.2 Å². The molecule has 8 nitrogen and oxygen atoms in total. The second-order valence-corrected chi connectivity index (χ2v) is 10.3. The molecule has 1 aromatic carbocycles. The number of carboxylic acids is 1. The van der Waals surface area contributed by atoms with Gasteiger partial charge >= 0.3 is 5.97 Å². The highest BCUT2D eigenvalue weighted by molar-refractivity contribution is 14.1. The Hall–Kier alpha value is -0.710. The van der Waals surface area contributed by atoms with Crippen LogP contribution >= 0.6 is 67.8 Å². The summed E-state index contributed by atoms with van der Waals surface area (Å²) in [6.07, 6.45) is 1.02. The Morgan fingerprint density at radius 2 is 1.39 bits per heavy atom. The van der Waals surface area contributed by atoms with Crippen LogP contribution in [-0.4, -0.2) is 59.4 Å². The monoisotopic (exact) mass is 767 g/mol. The average Bonchev–Trinajstić information content (AvgIpc) is 3.17. The summed E-state index contributed by atoms with van der Waals surface area (Å²) in [5, 5.41) is 9.56. The van der Waals surface area contributed by atoms with Gasteiger partial charge in [-0.3, -0.25) is 14.4 Å². The van der Waals surface area contributed by atoms with Gasteiger partial charge in [-0.1, -0.05) is 0 Å². The lowest BCUT2D eigenvalue weighted by atomic mass is 10.1. The molecule has 1 N–H and O–H groups in total. The first-order chi connectivity index (χ1) is 14.5. The fourth-order valence-electron chi connectivity index (χ4n) is 3.79. The normalized spacial score (nSPS) is 15.7. The molecule has 1 aromatic rings. The third kappa shape index (κ3) is 5.12. The molecule has 1 aliphatic rings. The van der Waals surface area contributed by atoms with Gasteiger partial charge in [0.15, 0.2) is 0 Å². The molecule has 11 heteroatoms. The molecule has 0 spiro atoms. The van der Waals surface area contributed by atoms with Crippen molar-refractivity contribution in [1.82, 2.24) is 4.90 Å². The second-order valence-electron chi connectivity index (χ2n) is 7.04. The minimum atomic E-state index is -1.03. The number of amides is 3. The van der Waals surface area contributed by atoms with Gasteiger partial charge in [0.05, 0.1) is 27.6 Å². The van der Waals surface area contributed by atoms with E-state index in [1.807, 2.05) is 13.8 Å². The van der Waals surface area contributed by atoms with Crippen molar-refractivity contribution in [2.24, 2.45) is 0 Å². The molecule has 1 aliphatic heterocycles. The Balaban J connectivity index is 2.87. The fourth-order valence-corrected chi connectivity index (χ4v) is 8.58. The van der Waals surface area contributed by atoms with Crippen molar-refractivity contribution in [3.8, 4) is 0 Å². The molecule has 1 fully saturated rings. The van der Waals surface area contributed by atoms with Crippen LogP contribution in [0.2, 0.25) is 0 Å². The lowest BCUT2D eigenvalue weighted by Crippen LogP contribution is -2.42. The Morgan fingerprint density at radius 1 is 0.935 bits per heavy atom. The van der Waals surface area contributed by atoms with Crippen LogP contribution in [0.1, 0.15) is 50.9 Å². The number of hydrogen-bond donors (Lipinski definition) is 1. The maximum Gasteiger partial charge on any atom is 0.326 e. The molecular formula is C20H24I3N3O5. The molecule has 0 bridgehead atoms. The van der Waals surface area contributed by atoms with Gasteiger partial charge in [-0.2, -0.15) is 0 Å². The summed E-state index contributed by atoms with van der Waals surface area (Å²) in [5.41, 5.74) is 1.47. The average molecular weight is 767 g/mol. The van der Waals surface area contributed by atoms with Crippen LogP contribution in [0.5, 0.6) is 0 Å². The van der Waals surface area contributed by atoms with E-state index in [2.05, 4.69) is 67.8 Å². The summed E-state index contributed by atoms with van der Waals surface area (Å²) in [5.74, 6) is -1.78. The molecule has 3 amide bonds. The van der Waals surface area contributed by atoms with Gasteiger partial charge in [0.2, 0.25) is 11.8 Å². The highest BCUT2D eigenvalue weighted by Crippen LogP contribution is 2.43. The van der Waals surface area contributed by atoms with Crippen LogP contribution in [0.4, 0.5) is 11.4 Å². The van der Waals surface area contributed by atoms with Crippen LogP contribution in [-0.2, 0) is 14.4 Å². The zero-order valence-corrected chi connectivity index (χ0v) is 24.1. The van der Waals surface area contributed by atoms with Crippen molar-refractivity contribution in [3.05, 3.63) is 16.3 Å². The van der Waals surface area contributed by atoms with Crippen LogP contribution in [0.15, 0.2) is 0 Å². The standard InChI is InChI=1S/C20H24I3N3O5/c1-5-24(10(3)27)17-14(21)13(19(29)26-9-7-8-12(26)20(30)31)15(22)18(16(17)23)25(6-2)11(4)28/h12H,5-9H2,1-4H3,(H,30,31)/t12-/m0/s1. The van der Waals surface area contributed by atoms with Crippen molar-refractivity contribution in [2.45, 2.75) is 46.6 Å². The highest BCUT2D eigenvalue weighted by atomic mass is 127. The van der Waals surface area contributed by atoms with Gasteiger partial charge in [0.25, 0.3) is 5.91 Å². The minimum absolute atomic E-state index is 0.181. The number of halogens is 3. The van der Waals surface area contributed by atoms with Crippen LogP contribution in [0.3, 0.4) is 0 Å². The Morgan fingerprint density at radius 3 is 1.74 bits per heavy atom. The molecule has 0 radical (unpaired) electrons. The maximum atomic E-state index is 13.6. The number of hydrogen-bond acceptors (Lipinski definition) is 4. The van der Waals surface area contributed by atoms with Crippen molar-refractivity contribution in [3.63, 3.8) is 0 Å². The summed E-state index contributed by atoms with van der Waals surface area (Å²) in [6, 6.07) is -0.879. The molecule has 0 unspecified atom stereocenters. The molecular weight excluding hydrogens is 743 g/mol. The van der Waals surface area contributed by atoms with Gasteiger partial charge < -0.3 is 19.8 Å². The first-order valence-corrected chi connectivity index (χ1v) is 13.0. The quantitative estimate of drug-likeness (QED) is 0.443. The van der Waals surface area contributed by atoms with Gasteiger partial charge in [0, 0.05) is 33.5 Å². The van der Waals surface area contributed by atoms with E-state index in [0.717, 1.165) is 0 Å². The summed E-state index contributed by atoms with van der Waals surface area (Å²) in [7, 11) is 0. The van der Waals surface area contributed by atoms with E-state index < -0.39 is 17.9 Å². The first-order valence-electron chi connectivity index (χ1n) is 9.79. The maximum absolute atomic E-state index is 13.6. The van der Waals surface area contributed by atoms with Crippen LogP contribution in [0.25, 0.3) is 0 Å². The number of nitrogens with zero attached hydrogens (tertiary/aromatic N) is 3. The van der Waals surface area contributed by atoms with E-state index in [1.54, 1.807) is 9.80 Å². The predicted octanol–water partition coefficient (Wildman–Crippen LogP) is 3.94. The molecule has 1 atom stereocenters. The molecule has 2 rings (SSSR count). The molecule has 31 heavy (non-hydrogen) atoms. The number of carbonyl (C=O) groups excluding carboxylic acids is 3. The van der Waals surface area contributed by atoms with Crippen molar-refractivity contribution >= 4 is 103 Å². The largest absolute Gasteiger partial charge is 0.480 e. The van der Waals surface area contributed by atoms with Crippen LogP contribution < -0.4 is 9.80 Å². The van der Waals surface area contributed by atoms with E-state index >= 15 is 0 Å². The summed E-state index contributed by atoms with van der Waals surface area (Å²) in [4.78, 5) is 54.6. The molecule has 0 aromatic heterocycles. The zero-order chi connectivity index (χ0) is 23.6. The number of anilines is 2. The third-order valence-corrected chi connectivity index (χ3v) is 8.34. The Kier molecular flexibility index (Phi) is 9.37. The van der Waals surface area contributed by atoms with Crippen molar-refractivity contribution in [1.29, 1.82) is 0 Å².